The van der Waals surface area contributed by atoms with Crippen molar-refractivity contribution in [2.75, 3.05) is 40.4 Å². The molecule has 0 fully saturated rings. The number of nitrogens with zero attached hydrogens (tertiary/aromatic N) is 2. The van der Waals surface area contributed by atoms with Gasteiger partial charge in [0, 0.05) is 33.6 Å². The summed E-state index contributed by atoms with van der Waals surface area (Å²) in [6.45, 7) is 14.0. The molecule has 0 aromatic heterocycles. The van der Waals surface area contributed by atoms with Gasteiger partial charge < -0.3 is 19.2 Å². The fourth-order valence-corrected chi connectivity index (χ4v) is 7.61. The molecule has 0 aliphatic heterocycles. The van der Waals surface area contributed by atoms with Crippen LogP contribution in [0.3, 0.4) is 0 Å². The predicted octanol–water partition coefficient (Wildman–Crippen LogP) is 13.5. The first-order valence-corrected chi connectivity index (χ1v) is 26.2. The molecule has 0 radical (unpaired) electrons. The molecule has 10 heteroatoms. The van der Waals surface area contributed by atoms with E-state index in [2.05, 4.69) is 42.3 Å². The number of hydrogen-bond acceptors (Lipinski definition) is 7. The minimum absolute atomic E-state index is 0.172. The van der Waals surface area contributed by atoms with E-state index < -0.39 is 11.2 Å². The third-order valence-electron chi connectivity index (χ3n) is 11.0. The number of aliphatic imine (C=N–C) groups is 1. The lowest BCUT2D eigenvalue weighted by atomic mass is 10.0. The van der Waals surface area contributed by atoms with Crippen LogP contribution in [-0.4, -0.2) is 74.2 Å². The maximum Gasteiger partial charge on any atom is 0.293 e. The molecule has 0 aromatic rings. The molecule has 3 N–H and O–H groups in total. The fourth-order valence-electron chi connectivity index (χ4n) is 7.19. The first kappa shape index (κ1) is 61.9. The zero-order valence-electron chi connectivity index (χ0n) is 40.2. The van der Waals surface area contributed by atoms with Crippen molar-refractivity contribution in [1.29, 1.82) is 0 Å². The maximum absolute atomic E-state index is 11.1. The van der Waals surface area contributed by atoms with E-state index in [4.69, 9.17) is 14.6 Å². The van der Waals surface area contributed by atoms with Crippen LogP contribution in [0.25, 0.3) is 0 Å². The summed E-state index contributed by atoms with van der Waals surface area (Å²) in [7, 11) is 3.48. The standard InChI is InChI=1S/C22H46N4O2S.C17H34O2.C10H22O/c1-3-4-5-6-9-13-18-26(19-14-10-7-8-11-16-21-27)20-15-12-17-22(24-2)25-29(23)28;1-3-5-7-9-11-13-15-17(19-16-18)14-12-10-8-6-4-2;1-3-4-5-6-7-8-9-10-11-2/h21H,3-20,23H2,1-2H3,(H,24,25);16-17H,3-15H2,1-2H3;3-10H2,1-2H3. The number of aldehydes is 1. The molecule has 354 valence electrons. The Bertz CT molecular complexity index is 858. The summed E-state index contributed by atoms with van der Waals surface area (Å²) in [6, 6.07) is 0. The van der Waals surface area contributed by atoms with E-state index in [0.717, 1.165) is 63.8 Å². The normalized spacial score (nSPS) is 12.3. The van der Waals surface area contributed by atoms with Crippen molar-refractivity contribution in [3.63, 3.8) is 0 Å². The Morgan fingerprint density at radius 3 is 1.37 bits per heavy atom. The predicted molar refractivity (Wildman–Crippen MR) is 258 cm³/mol. The van der Waals surface area contributed by atoms with E-state index in [-0.39, 0.29) is 6.10 Å². The largest absolute Gasteiger partial charge is 0.465 e. The van der Waals surface area contributed by atoms with Gasteiger partial charge in [-0.3, -0.25) is 14.5 Å². The molecule has 0 spiro atoms. The molecule has 0 saturated carbocycles. The van der Waals surface area contributed by atoms with Gasteiger partial charge in [0.25, 0.3) is 6.47 Å². The third-order valence-corrected chi connectivity index (χ3v) is 11.4. The molecule has 0 saturated heterocycles. The van der Waals surface area contributed by atoms with E-state index >= 15 is 0 Å². The summed E-state index contributed by atoms with van der Waals surface area (Å²) < 4.78 is 23.9. The van der Waals surface area contributed by atoms with Gasteiger partial charge in [0.15, 0.2) is 11.2 Å². The molecule has 0 aliphatic carbocycles. The second-order valence-corrected chi connectivity index (χ2v) is 17.4. The molecule has 2 unspecified atom stereocenters. The Kier molecular flexibility index (Phi) is 59.5. The van der Waals surface area contributed by atoms with Crippen LogP contribution in [0.5, 0.6) is 0 Å². The van der Waals surface area contributed by atoms with Crippen LogP contribution in [-0.2, 0) is 30.2 Å². The summed E-state index contributed by atoms with van der Waals surface area (Å²) in [6.07, 6.45) is 44.7. The number of nitrogens with two attached hydrogens (primary N) is 1. The van der Waals surface area contributed by atoms with Crippen molar-refractivity contribution in [3.8, 4) is 0 Å². The second kappa shape index (κ2) is 56.6. The van der Waals surface area contributed by atoms with Crippen molar-refractivity contribution < 1.29 is 23.3 Å². The highest BCUT2D eigenvalue weighted by Gasteiger charge is 2.09. The lowest BCUT2D eigenvalue weighted by molar-refractivity contribution is -0.134. The Morgan fingerprint density at radius 1 is 0.593 bits per heavy atom. The van der Waals surface area contributed by atoms with E-state index in [0.29, 0.717) is 12.9 Å². The smallest absolute Gasteiger partial charge is 0.293 e. The first-order valence-electron chi connectivity index (χ1n) is 25.0. The molecule has 0 amide bonds. The number of unbranched alkanes of at least 4 members (excludes halogenated alkanes) is 26. The first-order chi connectivity index (χ1) is 28.9. The summed E-state index contributed by atoms with van der Waals surface area (Å²) in [5, 5.41) is 5.28. The van der Waals surface area contributed by atoms with E-state index in [1.54, 1.807) is 14.2 Å². The van der Waals surface area contributed by atoms with Crippen LogP contribution in [0.2, 0.25) is 0 Å². The molecular formula is C49H102N4O5S. The van der Waals surface area contributed by atoms with Gasteiger partial charge >= 0.3 is 0 Å². The Labute approximate surface area is 370 Å². The summed E-state index contributed by atoms with van der Waals surface area (Å²) in [4.78, 5) is 27.6. The molecule has 59 heavy (non-hydrogen) atoms. The average Bonchev–Trinajstić information content (AvgIpc) is 3.23. The number of rotatable bonds is 44. The molecule has 0 rings (SSSR count). The highest BCUT2D eigenvalue weighted by atomic mass is 32.2. The maximum atomic E-state index is 11.1. The van der Waals surface area contributed by atoms with E-state index in [1.165, 1.54) is 193 Å². The minimum Gasteiger partial charge on any atom is -0.465 e. The number of methoxy groups -OCH3 is 1. The van der Waals surface area contributed by atoms with E-state index in [9.17, 15) is 13.8 Å². The topological polar surface area (TPSA) is 123 Å². The van der Waals surface area contributed by atoms with Gasteiger partial charge in [0.1, 0.15) is 18.2 Å². The molecule has 9 nitrogen and oxygen atoms in total. The van der Waals surface area contributed by atoms with Gasteiger partial charge in [-0.05, 0) is 83.8 Å². The van der Waals surface area contributed by atoms with Crippen LogP contribution >= 0.6 is 0 Å². The van der Waals surface area contributed by atoms with Gasteiger partial charge in [-0.25, -0.2) is 9.35 Å². The van der Waals surface area contributed by atoms with Gasteiger partial charge in [-0.15, -0.1) is 0 Å². The lowest BCUT2D eigenvalue weighted by Crippen LogP contribution is -2.31. The lowest BCUT2D eigenvalue weighted by Gasteiger charge is -2.22. The summed E-state index contributed by atoms with van der Waals surface area (Å²) in [5.74, 6) is 0.726. The van der Waals surface area contributed by atoms with Crippen LogP contribution in [0.15, 0.2) is 4.99 Å². The number of ether oxygens (including phenoxy) is 2. The van der Waals surface area contributed by atoms with Crippen LogP contribution < -0.4 is 9.86 Å². The second-order valence-electron chi connectivity index (χ2n) is 16.6. The molecule has 0 bridgehead atoms. The Hall–Kier alpha value is -1.36. The average molecular weight is 859 g/mol. The molecule has 0 aromatic carbocycles. The highest BCUT2D eigenvalue weighted by Crippen LogP contribution is 2.16. The van der Waals surface area contributed by atoms with Crippen LogP contribution in [0.1, 0.15) is 252 Å². The van der Waals surface area contributed by atoms with Crippen LogP contribution in [0.4, 0.5) is 0 Å². The highest BCUT2D eigenvalue weighted by molar-refractivity contribution is 7.81. The van der Waals surface area contributed by atoms with Crippen molar-refractivity contribution in [3.05, 3.63) is 0 Å². The Morgan fingerprint density at radius 2 is 0.983 bits per heavy atom. The number of carbonyl (C=O) groups excluding carboxylic acids is 2. The zero-order valence-corrected chi connectivity index (χ0v) is 41.0. The van der Waals surface area contributed by atoms with Crippen LogP contribution in [0, 0.1) is 0 Å². The SMILES string of the molecule is CCCCCCCCC(CCCCCCC)OC=O.CCCCCCCCCOC.CCCCCCCCN(CCCCCCCC=O)CCCCC(=NC)NS(N)=O. The quantitative estimate of drug-likeness (QED) is 0.0272. The monoisotopic (exact) mass is 859 g/mol. The zero-order chi connectivity index (χ0) is 44.1. The number of nitrogens with one attached hydrogen (secondary N) is 1. The van der Waals surface area contributed by atoms with Gasteiger partial charge in [-0.1, -0.05) is 175 Å². The number of carbonyl (C=O) groups is 2. The fraction of sp³-hybridized carbons (Fsp3) is 0.939. The van der Waals surface area contributed by atoms with Crippen molar-refractivity contribution in [2.24, 2.45) is 10.1 Å². The van der Waals surface area contributed by atoms with Crippen molar-refractivity contribution >= 4 is 29.8 Å². The molecule has 0 heterocycles. The van der Waals surface area contributed by atoms with Gasteiger partial charge in [-0.2, -0.15) is 0 Å². The van der Waals surface area contributed by atoms with E-state index in [1.807, 2.05) is 0 Å². The molecule has 2 atom stereocenters. The van der Waals surface area contributed by atoms with Crippen molar-refractivity contribution in [1.82, 2.24) is 9.62 Å². The number of amidine groups is 1. The molecular weight excluding hydrogens is 757 g/mol. The minimum atomic E-state index is -1.54. The van der Waals surface area contributed by atoms with Gasteiger partial charge in [0.05, 0.1) is 0 Å². The molecule has 0 aliphatic rings. The Balaban J connectivity index is -0.000000891. The summed E-state index contributed by atoms with van der Waals surface area (Å²) in [5.41, 5.74) is 0. The van der Waals surface area contributed by atoms with Crippen molar-refractivity contribution in [2.45, 2.75) is 259 Å². The number of hydrogen-bond donors (Lipinski definition) is 2. The van der Waals surface area contributed by atoms with Gasteiger partial charge in [0.2, 0.25) is 0 Å². The summed E-state index contributed by atoms with van der Waals surface area (Å²) >= 11 is -1.54. The third kappa shape index (κ3) is 56.6.